The summed E-state index contributed by atoms with van der Waals surface area (Å²) < 4.78 is 35.0. The van der Waals surface area contributed by atoms with E-state index in [0.717, 1.165) is 31.6 Å². The summed E-state index contributed by atoms with van der Waals surface area (Å²) in [6, 6.07) is 10.1. The van der Waals surface area contributed by atoms with Gasteiger partial charge in [0.1, 0.15) is 16.2 Å². The Balaban J connectivity index is 1.66. The summed E-state index contributed by atoms with van der Waals surface area (Å²) in [4.78, 5) is 14.5. The van der Waals surface area contributed by atoms with Crippen LogP contribution in [-0.4, -0.2) is 56.7 Å². The summed E-state index contributed by atoms with van der Waals surface area (Å²) in [5.41, 5.74) is 1.12. The first-order chi connectivity index (χ1) is 15.7. The molecule has 8 nitrogen and oxygen atoms in total. The van der Waals surface area contributed by atoms with Gasteiger partial charge in [-0.25, -0.2) is 13.2 Å². The zero-order valence-electron chi connectivity index (χ0n) is 19.2. The van der Waals surface area contributed by atoms with Crippen LogP contribution in [0.5, 0.6) is 5.75 Å². The van der Waals surface area contributed by atoms with Crippen LogP contribution in [0.2, 0.25) is 0 Å². The van der Waals surface area contributed by atoms with Crippen molar-refractivity contribution < 1.29 is 23.1 Å². The smallest absolute Gasteiger partial charge is 0.341 e. The van der Waals surface area contributed by atoms with Crippen LogP contribution in [0.4, 0.5) is 11.4 Å². The van der Waals surface area contributed by atoms with E-state index in [-0.39, 0.29) is 39.8 Å². The predicted octanol–water partition coefficient (Wildman–Crippen LogP) is 3.82. The predicted molar refractivity (Wildman–Crippen MR) is 128 cm³/mol. The van der Waals surface area contributed by atoms with E-state index in [1.54, 1.807) is 24.3 Å². The fraction of sp³-hybridized carbons (Fsp3) is 0.458. The summed E-state index contributed by atoms with van der Waals surface area (Å²) in [6.45, 7) is 9.32. The van der Waals surface area contributed by atoms with Gasteiger partial charge in [-0.2, -0.15) is 0 Å². The van der Waals surface area contributed by atoms with Crippen LogP contribution in [0.1, 0.15) is 49.0 Å². The molecule has 178 valence electrons. The van der Waals surface area contributed by atoms with Crippen molar-refractivity contribution in [2.24, 2.45) is 5.92 Å². The number of carboxylic acids is 1. The Morgan fingerprint density at radius 2 is 1.94 bits per heavy atom. The molecule has 4 rings (SSSR count). The Morgan fingerprint density at radius 1 is 1.18 bits per heavy atom. The van der Waals surface area contributed by atoms with Crippen LogP contribution in [0.25, 0.3) is 0 Å². The van der Waals surface area contributed by atoms with Crippen molar-refractivity contribution in [2.45, 2.75) is 44.0 Å². The van der Waals surface area contributed by atoms with Crippen LogP contribution < -0.4 is 14.8 Å². The van der Waals surface area contributed by atoms with Gasteiger partial charge in [0.15, 0.2) is 0 Å². The van der Waals surface area contributed by atoms with E-state index in [0.29, 0.717) is 12.3 Å². The molecule has 1 saturated heterocycles. The van der Waals surface area contributed by atoms with E-state index >= 15 is 0 Å². The third-order valence-corrected chi connectivity index (χ3v) is 8.16. The highest BCUT2D eigenvalue weighted by atomic mass is 32.2. The number of carboxylic acid groups (broad SMARTS) is 1. The number of hydrogen-bond donors (Lipinski definition) is 3. The average molecular weight is 474 g/mol. The molecule has 2 heterocycles. The Kier molecular flexibility index (Phi) is 6.54. The Labute approximate surface area is 195 Å². The number of likely N-dealkylation sites (N-methyl/N-ethyl adjacent to an activating group) is 1. The maximum atomic E-state index is 13.4. The topological polar surface area (TPSA) is 108 Å². The van der Waals surface area contributed by atoms with E-state index in [1.165, 1.54) is 12.1 Å². The van der Waals surface area contributed by atoms with Gasteiger partial charge < -0.3 is 20.1 Å². The van der Waals surface area contributed by atoms with Crippen molar-refractivity contribution in [3.63, 3.8) is 0 Å². The number of ether oxygens (including phenoxy) is 1. The van der Waals surface area contributed by atoms with Crippen molar-refractivity contribution in [2.75, 3.05) is 36.3 Å². The summed E-state index contributed by atoms with van der Waals surface area (Å²) >= 11 is 0. The number of hydrogen-bond acceptors (Lipinski definition) is 6. The Bertz CT molecular complexity index is 1150. The first kappa shape index (κ1) is 23.4. The number of aromatic carboxylic acids is 1. The second kappa shape index (κ2) is 9.23. The lowest BCUT2D eigenvalue weighted by atomic mass is 9.85. The summed E-state index contributed by atoms with van der Waals surface area (Å²) in [5.74, 6) is -0.649. The third-order valence-electron chi connectivity index (χ3n) is 6.74. The molecule has 3 atom stereocenters. The molecule has 2 aromatic rings. The molecule has 2 aliphatic heterocycles. The molecule has 0 spiro atoms. The Morgan fingerprint density at radius 3 is 2.64 bits per heavy atom. The maximum Gasteiger partial charge on any atom is 0.341 e. The van der Waals surface area contributed by atoms with Gasteiger partial charge in [-0.05, 0) is 48.6 Å². The average Bonchev–Trinajstić information content (AvgIpc) is 3.23. The summed E-state index contributed by atoms with van der Waals surface area (Å²) in [5, 5.41) is 13.3. The SMILES string of the molecule is CCN1CC[C@H](Nc2ccccc2S(=O)(=O)Nc2ccc3c(c2C(=O)O)OCC(C)C3C)C1. The van der Waals surface area contributed by atoms with Crippen LogP contribution in [0.3, 0.4) is 0 Å². The van der Waals surface area contributed by atoms with E-state index in [2.05, 4.69) is 21.9 Å². The molecule has 3 N–H and O–H groups in total. The number of nitrogens with zero attached hydrogens (tertiary/aromatic N) is 1. The molecule has 33 heavy (non-hydrogen) atoms. The minimum atomic E-state index is -4.06. The minimum absolute atomic E-state index is 0.00386. The minimum Gasteiger partial charge on any atom is -0.492 e. The van der Waals surface area contributed by atoms with Gasteiger partial charge in [0.05, 0.1) is 18.0 Å². The molecular formula is C24H31N3O5S. The lowest BCUT2D eigenvalue weighted by Gasteiger charge is -2.30. The zero-order chi connectivity index (χ0) is 23.8. The van der Waals surface area contributed by atoms with Crippen LogP contribution in [0.15, 0.2) is 41.3 Å². The number of carbonyl (C=O) groups is 1. The first-order valence-corrected chi connectivity index (χ1v) is 12.8. The van der Waals surface area contributed by atoms with E-state index in [4.69, 9.17) is 4.74 Å². The highest BCUT2D eigenvalue weighted by molar-refractivity contribution is 7.92. The van der Waals surface area contributed by atoms with Gasteiger partial charge >= 0.3 is 5.97 Å². The molecule has 0 bridgehead atoms. The quantitative estimate of drug-likeness (QED) is 0.561. The molecule has 0 radical (unpaired) electrons. The number of fused-ring (bicyclic) bond motifs is 1. The normalized spacial score (nSPS) is 22.9. The fourth-order valence-corrected chi connectivity index (χ4v) is 5.80. The van der Waals surface area contributed by atoms with Crippen molar-refractivity contribution in [3.05, 3.63) is 47.5 Å². The molecule has 0 aliphatic carbocycles. The molecule has 2 aliphatic rings. The number of likely N-dealkylation sites (tertiary alicyclic amines) is 1. The second-order valence-electron chi connectivity index (χ2n) is 8.91. The lowest BCUT2D eigenvalue weighted by Crippen LogP contribution is -2.27. The second-order valence-corrected chi connectivity index (χ2v) is 10.6. The van der Waals surface area contributed by atoms with E-state index in [1.807, 2.05) is 13.8 Å². The molecular weight excluding hydrogens is 442 g/mol. The van der Waals surface area contributed by atoms with Crippen molar-refractivity contribution >= 4 is 27.4 Å². The lowest BCUT2D eigenvalue weighted by molar-refractivity contribution is 0.0690. The molecule has 2 unspecified atom stereocenters. The van der Waals surface area contributed by atoms with Gasteiger partial charge in [-0.3, -0.25) is 4.72 Å². The Hall–Kier alpha value is -2.78. The third kappa shape index (κ3) is 4.65. The highest BCUT2D eigenvalue weighted by Gasteiger charge is 2.32. The number of benzene rings is 2. The molecule has 1 fully saturated rings. The van der Waals surface area contributed by atoms with Crippen molar-refractivity contribution in [1.29, 1.82) is 0 Å². The van der Waals surface area contributed by atoms with Crippen LogP contribution in [0, 0.1) is 5.92 Å². The van der Waals surface area contributed by atoms with Gasteiger partial charge in [-0.15, -0.1) is 0 Å². The van der Waals surface area contributed by atoms with Crippen LogP contribution in [-0.2, 0) is 10.0 Å². The molecule has 0 aromatic heterocycles. The molecule has 0 saturated carbocycles. The van der Waals surface area contributed by atoms with E-state index < -0.39 is 16.0 Å². The number of nitrogens with one attached hydrogen (secondary N) is 2. The standard InChI is InChI=1S/C24H31N3O5S/c1-4-27-12-11-17(13-27)25-19-7-5-6-8-21(19)33(30,31)26-20-10-9-18-16(3)15(2)14-32-23(18)22(20)24(28)29/h5-10,15-17,25-26H,4,11-14H2,1-3H3,(H,28,29)/t15?,16?,17-/m0/s1. The summed E-state index contributed by atoms with van der Waals surface area (Å²) in [6.07, 6.45) is 0.928. The van der Waals surface area contributed by atoms with Gasteiger partial charge in [-0.1, -0.05) is 39.0 Å². The van der Waals surface area contributed by atoms with Gasteiger partial charge in [0.25, 0.3) is 10.0 Å². The van der Waals surface area contributed by atoms with Crippen molar-refractivity contribution in [1.82, 2.24) is 4.90 Å². The highest BCUT2D eigenvalue weighted by Crippen LogP contribution is 2.42. The van der Waals surface area contributed by atoms with Gasteiger partial charge in [0.2, 0.25) is 0 Å². The zero-order valence-corrected chi connectivity index (χ0v) is 20.0. The van der Waals surface area contributed by atoms with Crippen molar-refractivity contribution in [3.8, 4) is 5.75 Å². The van der Waals surface area contributed by atoms with E-state index in [9.17, 15) is 18.3 Å². The largest absolute Gasteiger partial charge is 0.492 e. The molecule has 9 heteroatoms. The first-order valence-electron chi connectivity index (χ1n) is 11.3. The molecule has 2 aromatic carbocycles. The fourth-order valence-electron chi connectivity index (χ4n) is 4.55. The molecule has 0 amide bonds. The van der Waals surface area contributed by atoms with Crippen LogP contribution >= 0.6 is 0 Å². The monoisotopic (exact) mass is 473 g/mol. The maximum absolute atomic E-state index is 13.4. The number of rotatable bonds is 7. The number of anilines is 2. The van der Waals surface area contributed by atoms with Gasteiger partial charge in [0, 0.05) is 19.1 Å². The summed E-state index contributed by atoms with van der Waals surface area (Å²) in [7, 11) is -4.06. The number of sulfonamides is 1. The number of para-hydroxylation sites is 1.